The molecule has 1 rings (SSSR count). The van der Waals surface area contributed by atoms with E-state index in [-0.39, 0.29) is 41.8 Å². The van der Waals surface area contributed by atoms with E-state index in [1.54, 1.807) is 0 Å². The van der Waals surface area contributed by atoms with Crippen molar-refractivity contribution in [3.63, 3.8) is 0 Å². The Hall–Kier alpha value is -0.200. The number of unbranched alkanes of at least 4 members (excludes halogenated alkanes) is 8. The second-order valence-electron chi connectivity index (χ2n) is 12.7. The largest absolute Gasteiger partial charge is 0.375 e. The fourth-order valence-corrected chi connectivity index (χ4v) is 5.70. The molecule has 1 fully saturated rings. The van der Waals surface area contributed by atoms with Crippen molar-refractivity contribution in [3.8, 4) is 0 Å². The van der Waals surface area contributed by atoms with Gasteiger partial charge < -0.3 is 19.4 Å². The van der Waals surface area contributed by atoms with E-state index >= 15 is 0 Å². The van der Waals surface area contributed by atoms with Crippen molar-refractivity contribution in [3.05, 3.63) is 0 Å². The standard InChI is InChI=1S/C31H63NO4/c1-10-13-14-15-16-17-18-19-20-21-29(34-25(4)11-2)35-26(5)22-27(12-3)36-28-23-30(6,7)32(33)31(8,9)24-28/h25-29,33H,10-24H2,1-9H3. The number of hydrogen-bond acceptors (Lipinski definition) is 5. The van der Waals surface area contributed by atoms with Crippen LogP contribution >= 0.6 is 0 Å². The van der Waals surface area contributed by atoms with Crippen molar-refractivity contribution in [2.75, 3.05) is 0 Å². The number of ether oxygens (including phenoxy) is 3. The Bertz CT molecular complexity index is 535. The van der Waals surface area contributed by atoms with Crippen LogP contribution in [0.5, 0.6) is 0 Å². The van der Waals surface area contributed by atoms with Crippen molar-refractivity contribution in [2.24, 2.45) is 0 Å². The zero-order valence-electron chi connectivity index (χ0n) is 25.6. The molecule has 0 aliphatic carbocycles. The first-order chi connectivity index (χ1) is 16.9. The minimum Gasteiger partial charge on any atom is -0.375 e. The first-order valence-electron chi connectivity index (χ1n) is 15.4. The molecule has 5 heteroatoms. The SMILES string of the molecule is CCCCCCCCCCCC(OC(C)CC)OC(C)CC(CC)OC1CC(C)(C)N(O)C(C)(C)C1. The van der Waals surface area contributed by atoms with Crippen LogP contribution in [0.3, 0.4) is 0 Å². The fourth-order valence-electron chi connectivity index (χ4n) is 5.70. The summed E-state index contributed by atoms with van der Waals surface area (Å²) in [5, 5.41) is 12.1. The summed E-state index contributed by atoms with van der Waals surface area (Å²) in [5.74, 6) is 0. The van der Waals surface area contributed by atoms with E-state index in [9.17, 15) is 5.21 Å². The molecule has 4 atom stereocenters. The molecule has 216 valence electrons. The highest BCUT2D eigenvalue weighted by molar-refractivity contribution is 4.97. The van der Waals surface area contributed by atoms with Gasteiger partial charge in [0, 0.05) is 11.1 Å². The van der Waals surface area contributed by atoms with Gasteiger partial charge in [0.15, 0.2) is 6.29 Å². The van der Waals surface area contributed by atoms with Crippen LogP contribution in [0.1, 0.15) is 159 Å². The summed E-state index contributed by atoms with van der Waals surface area (Å²) in [4.78, 5) is 0. The van der Waals surface area contributed by atoms with Gasteiger partial charge in [0.25, 0.3) is 0 Å². The molecule has 0 radical (unpaired) electrons. The number of hydrogen-bond donors (Lipinski definition) is 1. The normalized spacial score (nSPS) is 21.8. The van der Waals surface area contributed by atoms with E-state index in [0.717, 1.165) is 38.5 Å². The average molecular weight is 514 g/mol. The van der Waals surface area contributed by atoms with Gasteiger partial charge in [-0.2, -0.15) is 5.06 Å². The Morgan fingerprint density at radius 3 is 1.75 bits per heavy atom. The fraction of sp³-hybridized carbons (Fsp3) is 1.00. The van der Waals surface area contributed by atoms with Gasteiger partial charge in [0.1, 0.15) is 0 Å². The summed E-state index contributed by atoms with van der Waals surface area (Å²) in [6.07, 6.45) is 17.9. The van der Waals surface area contributed by atoms with Gasteiger partial charge in [-0.15, -0.1) is 0 Å². The summed E-state index contributed by atoms with van der Waals surface area (Å²) in [5.41, 5.74) is -0.588. The predicted molar refractivity (Wildman–Crippen MR) is 152 cm³/mol. The average Bonchev–Trinajstić information content (AvgIpc) is 2.80. The molecule has 1 N–H and O–H groups in total. The van der Waals surface area contributed by atoms with Crippen LogP contribution in [0.4, 0.5) is 0 Å². The summed E-state index contributed by atoms with van der Waals surface area (Å²) in [6.45, 7) is 19.3. The van der Waals surface area contributed by atoms with Gasteiger partial charge in [-0.05, 0) is 86.5 Å². The molecule has 0 amide bonds. The first-order valence-corrected chi connectivity index (χ1v) is 15.4. The number of nitrogens with zero attached hydrogens (tertiary/aromatic N) is 1. The summed E-state index contributed by atoms with van der Waals surface area (Å²) in [6, 6.07) is 0. The van der Waals surface area contributed by atoms with Crippen LogP contribution in [0, 0.1) is 0 Å². The van der Waals surface area contributed by atoms with Crippen LogP contribution in [0.2, 0.25) is 0 Å². The molecule has 1 aliphatic heterocycles. The molecule has 0 saturated carbocycles. The van der Waals surface area contributed by atoms with E-state index in [4.69, 9.17) is 14.2 Å². The Morgan fingerprint density at radius 1 is 0.750 bits per heavy atom. The van der Waals surface area contributed by atoms with Gasteiger partial charge in [0.05, 0.1) is 24.4 Å². The zero-order chi connectivity index (χ0) is 27.2. The van der Waals surface area contributed by atoms with Crippen molar-refractivity contribution in [2.45, 2.75) is 200 Å². The molecule has 1 aliphatic rings. The summed E-state index contributed by atoms with van der Waals surface area (Å²) >= 11 is 0. The first kappa shape index (κ1) is 33.8. The quantitative estimate of drug-likeness (QED) is 0.130. The minimum absolute atomic E-state index is 0.0847. The Morgan fingerprint density at radius 2 is 1.25 bits per heavy atom. The molecule has 1 saturated heterocycles. The lowest BCUT2D eigenvalue weighted by molar-refractivity contribution is -0.266. The van der Waals surface area contributed by atoms with Gasteiger partial charge in [0.2, 0.25) is 0 Å². The highest BCUT2D eigenvalue weighted by Crippen LogP contribution is 2.38. The van der Waals surface area contributed by atoms with Crippen molar-refractivity contribution >= 4 is 0 Å². The maximum absolute atomic E-state index is 10.6. The minimum atomic E-state index is -0.294. The molecule has 0 aromatic carbocycles. The number of hydroxylamine groups is 2. The predicted octanol–water partition coefficient (Wildman–Crippen LogP) is 9.05. The molecular formula is C31H63NO4. The topological polar surface area (TPSA) is 51.2 Å². The smallest absolute Gasteiger partial charge is 0.158 e. The Kier molecular flexibility index (Phi) is 16.4. The third-order valence-corrected chi connectivity index (χ3v) is 7.92. The second kappa shape index (κ2) is 17.4. The van der Waals surface area contributed by atoms with E-state index in [1.807, 2.05) is 0 Å². The van der Waals surface area contributed by atoms with Crippen LogP contribution in [-0.4, -0.2) is 52.1 Å². The van der Waals surface area contributed by atoms with Crippen molar-refractivity contribution in [1.82, 2.24) is 5.06 Å². The van der Waals surface area contributed by atoms with Gasteiger partial charge in [-0.25, -0.2) is 0 Å². The molecule has 5 nitrogen and oxygen atoms in total. The summed E-state index contributed by atoms with van der Waals surface area (Å²) < 4.78 is 19.4. The zero-order valence-corrected chi connectivity index (χ0v) is 25.6. The number of piperidine rings is 1. The van der Waals surface area contributed by atoms with E-state index in [2.05, 4.69) is 62.3 Å². The number of rotatable bonds is 20. The molecule has 0 spiro atoms. The molecule has 36 heavy (non-hydrogen) atoms. The third kappa shape index (κ3) is 13.0. The lowest BCUT2D eigenvalue weighted by Crippen LogP contribution is -2.60. The van der Waals surface area contributed by atoms with Crippen LogP contribution < -0.4 is 0 Å². The monoisotopic (exact) mass is 513 g/mol. The maximum atomic E-state index is 10.6. The van der Waals surface area contributed by atoms with Crippen LogP contribution in [-0.2, 0) is 14.2 Å². The van der Waals surface area contributed by atoms with Crippen LogP contribution in [0.25, 0.3) is 0 Å². The van der Waals surface area contributed by atoms with Crippen molar-refractivity contribution in [1.29, 1.82) is 0 Å². The van der Waals surface area contributed by atoms with E-state index in [1.165, 1.54) is 62.9 Å². The molecule has 0 aromatic heterocycles. The molecule has 0 bridgehead atoms. The second-order valence-corrected chi connectivity index (χ2v) is 12.7. The Balaban J connectivity index is 2.50. The van der Waals surface area contributed by atoms with Gasteiger partial charge >= 0.3 is 0 Å². The maximum Gasteiger partial charge on any atom is 0.158 e. The molecule has 1 heterocycles. The third-order valence-electron chi connectivity index (χ3n) is 7.92. The summed E-state index contributed by atoms with van der Waals surface area (Å²) in [7, 11) is 0. The lowest BCUT2D eigenvalue weighted by atomic mass is 9.80. The molecular weight excluding hydrogens is 450 g/mol. The molecule has 4 unspecified atom stereocenters. The highest BCUT2D eigenvalue weighted by atomic mass is 16.7. The van der Waals surface area contributed by atoms with E-state index in [0.29, 0.717) is 0 Å². The Labute approximate surface area is 225 Å². The van der Waals surface area contributed by atoms with Crippen LogP contribution in [0.15, 0.2) is 0 Å². The molecule has 0 aromatic rings. The van der Waals surface area contributed by atoms with Gasteiger partial charge in [-0.3, -0.25) is 0 Å². The van der Waals surface area contributed by atoms with Crippen molar-refractivity contribution < 1.29 is 19.4 Å². The van der Waals surface area contributed by atoms with Gasteiger partial charge in [-0.1, -0.05) is 72.1 Å². The highest BCUT2D eigenvalue weighted by Gasteiger charge is 2.46. The van der Waals surface area contributed by atoms with E-state index < -0.39 is 0 Å². The lowest BCUT2D eigenvalue weighted by Gasteiger charge is -2.51.